The van der Waals surface area contributed by atoms with Gasteiger partial charge in [0.1, 0.15) is 6.61 Å². The summed E-state index contributed by atoms with van der Waals surface area (Å²) in [6, 6.07) is 16.6. The van der Waals surface area contributed by atoms with Gasteiger partial charge in [0.25, 0.3) is 0 Å². The summed E-state index contributed by atoms with van der Waals surface area (Å²) in [5.41, 5.74) is 4.66. The zero-order valence-electron chi connectivity index (χ0n) is 13.6. The number of benzene rings is 2. The lowest BCUT2D eigenvalue weighted by molar-refractivity contribution is 0.132. The number of hydrogen-bond donors (Lipinski definition) is 0. The molecule has 0 atom stereocenters. The standard InChI is InChI=1S/C19H24N2O/c1-4-21(5-2)19-12-10-17(11-13-19)14-20-22-15-18-8-6-16(3)7-9-18/h6-14H,4-5,15H2,1-3H3. The molecule has 0 N–H and O–H groups in total. The van der Waals surface area contributed by atoms with Crippen molar-refractivity contribution >= 4 is 11.9 Å². The lowest BCUT2D eigenvalue weighted by Gasteiger charge is -2.20. The molecule has 0 aliphatic carbocycles. The summed E-state index contributed by atoms with van der Waals surface area (Å²) in [6.07, 6.45) is 1.75. The molecule has 0 unspecified atom stereocenters. The molecule has 0 aliphatic heterocycles. The molecule has 0 amide bonds. The molecule has 3 nitrogen and oxygen atoms in total. The Morgan fingerprint density at radius 2 is 1.59 bits per heavy atom. The molecule has 0 aromatic heterocycles. The first-order valence-corrected chi connectivity index (χ1v) is 7.78. The zero-order chi connectivity index (χ0) is 15.8. The largest absolute Gasteiger partial charge is 0.391 e. The molecule has 0 spiro atoms. The van der Waals surface area contributed by atoms with Crippen LogP contribution in [0.2, 0.25) is 0 Å². The normalized spacial score (nSPS) is 10.9. The van der Waals surface area contributed by atoms with Crippen LogP contribution < -0.4 is 4.90 Å². The third-order valence-corrected chi connectivity index (χ3v) is 3.65. The van der Waals surface area contributed by atoms with Crippen molar-refractivity contribution in [2.24, 2.45) is 5.16 Å². The highest BCUT2D eigenvalue weighted by atomic mass is 16.6. The number of aryl methyl sites for hydroxylation is 1. The Labute approximate surface area is 133 Å². The van der Waals surface area contributed by atoms with Gasteiger partial charge in [-0.1, -0.05) is 47.1 Å². The fourth-order valence-electron chi connectivity index (χ4n) is 2.25. The second-order valence-corrected chi connectivity index (χ2v) is 5.26. The van der Waals surface area contributed by atoms with E-state index in [1.165, 1.54) is 11.3 Å². The zero-order valence-corrected chi connectivity index (χ0v) is 13.6. The SMILES string of the molecule is CCN(CC)c1ccc(C=NOCc2ccc(C)cc2)cc1. The molecule has 0 bridgehead atoms. The molecule has 22 heavy (non-hydrogen) atoms. The summed E-state index contributed by atoms with van der Waals surface area (Å²) < 4.78 is 0. The molecule has 2 aromatic rings. The van der Waals surface area contributed by atoms with Gasteiger partial charge in [0.2, 0.25) is 0 Å². The van der Waals surface area contributed by atoms with Gasteiger partial charge in [-0.3, -0.25) is 0 Å². The van der Waals surface area contributed by atoms with Crippen LogP contribution in [0, 0.1) is 6.92 Å². The van der Waals surface area contributed by atoms with Crippen molar-refractivity contribution in [1.82, 2.24) is 0 Å². The quantitative estimate of drug-likeness (QED) is 0.559. The number of anilines is 1. The molecular formula is C19H24N2O. The molecule has 3 heteroatoms. The topological polar surface area (TPSA) is 24.8 Å². The molecule has 0 radical (unpaired) electrons. The smallest absolute Gasteiger partial charge is 0.142 e. The molecule has 0 fully saturated rings. The van der Waals surface area contributed by atoms with Gasteiger partial charge in [0.05, 0.1) is 6.21 Å². The first-order valence-electron chi connectivity index (χ1n) is 7.78. The van der Waals surface area contributed by atoms with Crippen LogP contribution in [0.25, 0.3) is 0 Å². The molecule has 0 saturated carbocycles. The van der Waals surface area contributed by atoms with Gasteiger partial charge in [-0.15, -0.1) is 0 Å². The fourth-order valence-corrected chi connectivity index (χ4v) is 2.25. The van der Waals surface area contributed by atoms with E-state index in [0.29, 0.717) is 6.61 Å². The summed E-state index contributed by atoms with van der Waals surface area (Å²) >= 11 is 0. The van der Waals surface area contributed by atoms with E-state index in [-0.39, 0.29) is 0 Å². The molecule has 2 aromatic carbocycles. The van der Waals surface area contributed by atoms with Crippen LogP contribution >= 0.6 is 0 Å². The maximum Gasteiger partial charge on any atom is 0.142 e. The highest BCUT2D eigenvalue weighted by molar-refractivity contribution is 5.79. The van der Waals surface area contributed by atoms with Crippen molar-refractivity contribution in [2.45, 2.75) is 27.4 Å². The van der Waals surface area contributed by atoms with Gasteiger partial charge in [0, 0.05) is 18.8 Å². The first-order chi connectivity index (χ1) is 10.7. The van der Waals surface area contributed by atoms with Crippen LogP contribution in [0.15, 0.2) is 53.7 Å². The van der Waals surface area contributed by atoms with E-state index >= 15 is 0 Å². The lowest BCUT2D eigenvalue weighted by Crippen LogP contribution is -2.21. The summed E-state index contributed by atoms with van der Waals surface area (Å²) in [4.78, 5) is 7.66. The number of rotatable bonds is 7. The van der Waals surface area contributed by atoms with Crippen molar-refractivity contribution in [3.63, 3.8) is 0 Å². The Hall–Kier alpha value is -2.29. The van der Waals surface area contributed by atoms with E-state index in [9.17, 15) is 0 Å². The van der Waals surface area contributed by atoms with Gasteiger partial charge in [0.15, 0.2) is 0 Å². The van der Waals surface area contributed by atoms with Gasteiger partial charge in [-0.2, -0.15) is 0 Å². The highest BCUT2D eigenvalue weighted by Gasteiger charge is 2.00. The Balaban J connectivity index is 1.86. The molecule has 0 aliphatic rings. The van der Waals surface area contributed by atoms with Crippen molar-refractivity contribution < 1.29 is 4.84 Å². The number of nitrogens with zero attached hydrogens (tertiary/aromatic N) is 2. The molecule has 0 heterocycles. The summed E-state index contributed by atoms with van der Waals surface area (Å²) in [5, 5.41) is 4.04. The van der Waals surface area contributed by atoms with Gasteiger partial charge in [-0.05, 0) is 44.0 Å². The van der Waals surface area contributed by atoms with Gasteiger partial charge in [-0.25, -0.2) is 0 Å². The van der Waals surface area contributed by atoms with Crippen molar-refractivity contribution in [2.75, 3.05) is 18.0 Å². The van der Waals surface area contributed by atoms with Crippen LogP contribution in [0.4, 0.5) is 5.69 Å². The Kier molecular flexibility index (Phi) is 6.01. The Morgan fingerprint density at radius 3 is 2.18 bits per heavy atom. The van der Waals surface area contributed by atoms with Crippen LogP contribution in [0.1, 0.15) is 30.5 Å². The third kappa shape index (κ3) is 4.62. The predicted molar refractivity (Wildman–Crippen MR) is 93.6 cm³/mol. The Morgan fingerprint density at radius 1 is 0.955 bits per heavy atom. The van der Waals surface area contributed by atoms with Crippen LogP contribution in [0.3, 0.4) is 0 Å². The summed E-state index contributed by atoms with van der Waals surface area (Å²) in [6.45, 7) is 8.93. The maximum absolute atomic E-state index is 5.34. The van der Waals surface area contributed by atoms with E-state index in [1.54, 1.807) is 6.21 Å². The van der Waals surface area contributed by atoms with Gasteiger partial charge >= 0.3 is 0 Å². The van der Waals surface area contributed by atoms with E-state index in [0.717, 1.165) is 24.2 Å². The monoisotopic (exact) mass is 296 g/mol. The second-order valence-electron chi connectivity index (χ2n) is 5.26. The van der Waals surface area contributed by atoms with Crippen LogP contribution in [-0.4, -0.2) is 19.3 Å². The van der Waals surface area contributed by atoms with Crippen LogP contribution in [-0.2, 0) is 11.4 Å². The van der Waals surface area contributed by atoms with Crippen molar-refractivity contribution in [3.8, 4) is 0 Å². The minimum atomic E-state index is 0.494. The lowest BCUT2D eigenvalue weighted by atomic mass is 10.2. The Bertz CT molecular complexity index is 584. The predicted octanol–water partition coefficient (Wildman–Crippen LogP) is 4.39. The highest BCUT2D eigenvalue weighted by Crippen LogP contribution is 2.14. The fraction of sp³-hybridized carbons (Fsp3) is 0.316. The average molecular weight is 296 g/mol. The third-order valence-electron chi connectivity index (χ3n) is 3.65. The van der Waals surface area contributed by atoms with Crippen molar-refractivity contribution in [1.29, 1.82) is 0 Å². The van der Waals surface area contributed by atoms with Crippen molar-refractivity contribution in [3.05, 3.63) is 65.2 Å². The maximum atomic E-state index is 5.34. The van der Waals surface area contributed by atoms with E-state index < -0.39 is 0 Å². The van der Waals surface area contributed by atoms with Gasteiger partial charge < -0.3 is 9.74 Å². The number of oxime groups is 1. The van der Waals surface area contributed by atoms with E-state index in [2.05, 4.69) is 79.4 Å². The average Bonchev–Trinajstić information content (AvgIpc) is 2.56. The minimum Gasteiger partial charge on any atom is -0.391 e. The molecule has 116 valence electrons. The van der Waals surface area contributed by atoms with E-state index in [4.69, 9.17) is 4.84 Å². The number of hydrogen-bond acceptors (Lipinski definition) is 3. The van der Waals surface area contributed by atoms with E-state index in [1.807, 2.05) is 0 Å². The second kappa shape index (κ2) is 8.23. The molecule has 2 rings (SSSR count). The molecule has 0 saturated heterocycles. The summed E-state index contributed by atoms with van der Waals surface area (Å²) in [5.74, 6) is 0. The minimum absolute atomic E-state index is 0.494. The molecular weight excluding hydrogens is 272 g/mol. The first kappa shape index (κ1) is 16.1. The summed E-state index contributed by atoms with van der Waals surface area (Å²) in [7, 11) is 0. The van der Waals surface area contributed by atoms with Crippen LogP contribution in [0.5, 0.6) is 0 Å².